The van der Waals surface area contributed by atoms with E-state index < -0.39 is 0 Å². The molecule has 1 saturated heterocycles. The van der Waals surface area contributed by atoms with E-state index in [0.29, 0.717) is 12.4 Å². The van der Waals surface area contributed by atoms with Crippen molar-refractivity contribution < 1.29 is 9.32 Å². The maximum Gasteiger partial charge on any atom is 0.295 e. The molecule has 0 spiro atoms. The van der Waals surface area contributed by atoms with E-state index in [1.807, 2.05) is 6.92 Å². The zero-order valence-electron chi connectivity index (χ0n) is 11.1. The standard InChI is InChI=1S/C13H18N4O2/c1-9-4-3-7-17(8-9)13(18)11-15-12(19-16-11)10-5-2-6-14-10/h4,10,14H,2-3,5-8H2,1H3. The summed E-state index contributed by atoms with van der Waals surface area (Å²) in [5.74, 6) is 0.573. The Balaban J connectivity index is 1.71. The third-order valence-corrected chi connectivity index (χ3v) is 3.61. The monoisotopic (exact) mass is 262 g/mol. The van der Waals surface area contributed by atoms with Gasteiger partial charge in [0, 0.05) is 13.1 Å². The van der Waals surface area contributed by atoms with E-state index >= 15 is 0 Å². The van der Waals surface area contributed by atoms with E-state index in [1.165, 1.54) is 5.57 Å². The highest BCUT2D eigenvalue weighted by Gasteiger charge is 2.27. The molecule has 19 heavy (non-hydrogen) atoms. The lowest BCUT2D eigenvalue weighted by Crippen LogP contribution is -2.36. The maximum absolute atomic E-state index is 12.3. The molecule has 0 bridgehead atoms. The summed E-state index contributed by atoms with van der Waals surface area (Å²) in [6, 6.07) is 0.108. The van der Waals surface area contributed by atoms with Crippen LogP contribution < -0.4 is 5.32 Å². The minimum Gasteiger partial charge on any atom is -0.337 e. The van der Waals surface area contributed by atoms with Crippen LogP contribution >= 0.6 is 0 Å². The minimum atomic E-state index is -0.138. The molecule has 0 aromatic carbocycles. The Morgan fingerprint density at radius 1 is 1.58 bits per heavy atom. The topological polar surface area (TPSA) is 71.3 Å². The quantitative estimate of drug-likeness (QED) is 0.813. The van der Waals surface area contributed by atoms with Gasteiger partial charge in [0.1, 0.15) is 0 Å². The molecule has 1 atom stereocenters. The molecule has 6 heteroatoms. The fourth-order valence-electron chi connectivity index (χ4n) is 2.59. The highest BCUT2D eigenvalue weighted by molar-refractivity contribution is 5.90. The summed E-state index contributed by atoms with van der Waals surface area (Å²) < 4.78 is 5.20. The molecular weight excluding hydrogens is 244 g/mol. The van der Waals surface area contributed by atoms with Crippen LogP contribution in [-0.2, 0) is 0 Å². The van der Waals surface area contributed by atoms with E-state index in [2.05, 4.69) is 21.5 Å². The van der Waals surface area contributed by atoms with Crippen LogP contribution in [0.1, 0.15) is 48.7 Å². The van der Waals surface area contributed by atoms with Gasteiger partial charge >= 0.3 is 0 Å². The Morgan fingerprint density at radius 3 is 3.21 bits per heavy atom. The molecule has 3 rings (SSSR count). The zero-order valence-corrected chi connectivity index (χ0v) is 11.1. The summed E-state index contributed by atoms with van der Waals surface area (Å²) in [4.78, 5) is 18.3. The molecule has 1 aromatic heterocycles. The molecule has 1 fully saturated rings. The fraction of sp³-hybridized carbons (Fsp3) is 0.615. The molecule has 1 aromatic rings. The first kappa shape index (κ1) is 12.3. The molecule has 0 saturated carbocycles. The van der Waals surface area contributed by atoms with Crippen molar-refractivity contribution in [2.24, 2.45) is 0 Å². The van der Waals surface area contributed by atoms with Gasteiger partial charge in [-0.1, -0.05) is 16.8 Å². The summed E-state index contributed by atoms with van der Waals surface area (Å²) >= 11 is 0. The summed E-state index contributed by atoms with van der Waals surface area (Å²) in [7, 11) is 0. The summed E-state index contributed by atoms with van der Waals surface area (Å²) in [6.07, 6.45) is 5.15. The summed E-state index contributed by atoms with van der Waals surface area (Å²) in [6.45, 7) is 4.38. The molecule has 0 aliphatic carbocycles. The Hall–Kier alpha value is -1.69. The molecule has 2 aliphatic rings. The zero-order chi connectivity index (χ0) is 13.2. The van der Waals surface area contributed by atoms with Crippen molar-refractivity contribution in [3.8, 4) is 0 Å². The van der Waals surface area contributed by atoms with Gasteiger partial charge in [0.25, 0.3) is 11.7 Å². The van der Waals surface area contributed by atoms with Crippen molar-refractivity contribution in [2.75, 3.05) is 19.6 Å². The second kappa shape index (κ2) is 5.13. The van der Waals surface area contributed by atoms with Crippen LogP contribution in [0.2, 0.25) is 0 Å². The number of aromatic nitrogens is 2. The van der Waals surface area contributed by atoms with Gasteiger partial charge in [-0.05, 0) is 32.7 Å². The van der Waals surface area contributed by atoms with Crippen molar-refractivity contribution in [2.45, 2.75) is 32.2 Å². The van der Waals surface area contributed by atoms with Gasteiger partial charge in [-0.3, -0.25) is 4.79 Å². The molecule has 1 unspecified atom stereocenters. The van der Waals surface area contributed by atoms with E-state index in [9.17, 15) is 4.79 Å². The van der Waals surface area contributed by atoms with Crippen molar-refractivity contribution in [3.63, 3.8) is 0 Å². The van der Waals surface area contributed by atoms with Gasteiger partial charge in [-0.25, -0.2) is 0 Å². The van der Waals surface area contributed by atoms with E-state index in [-0.39, 0.29) is 17.8 Å². The van der Waals surface area contributed by atoms with Crippen molar-refractivity contribution in [3.05, 3.63) is 23.4 Å². The molecule has 3 heterocycles. The second-order valence-electron chi connectivity index (χ2n) is 5.17. The van der Waals surface area contributed by atoms with Crippen LogP contribution in [0.15, 0.2) is 16.2 Å². The van der Waals surface area contributed by atoms with E-state index in [4.69, 9.17) is 4.52 Å². The Kier molecular flexibility index (Phi) is 3.33. The van der Waals surface area contributed by atoms with Crippen LogP contribution in [0.5, 0.6) is 0 Å². The van der Waals surface area contributed by atoms with Crippen LogP contribution in [0.4, 0.5) is 0 Å². The average Bonchev–Trinajstić information content (AvgIpc) is 3.08. The van der Waals surface area contributed by atoms with Crippen molar-refractivity contribution in [1.82, 2.24) is 20.4 Å². The van der Waals surface area contributed by atoms with Crippen LogP contribution in [0.3, 0.4) is 0 Å². The highest BCUT2D eigenvalue weighted by atomic mass is 16.5. The maximum atomic E-state index is 12.3. The third kappa shape index (κ3) is 2.53. The number of amides is 1. The number of nitrogens with one attached hydrogen (secondary N) is 1. The number of carbonyl (C=O) groups excluding carboxylic acids is 1. The number of hydrogen-bond acceptors (Lipinski definition) is 5. The predicted molar refractivity (Wildman–Crippen MR) is 68.6 cm³/mol. The number of nitrogens with zero attached hydrogens (tertiary/aromatic N) is 3. The predicted octanol–water partition coefficient (Wildman–Crippen LogP) is 1.29. The first-order chi connectivity index (χ1) is 9.24. The van der Waals surface area contributed by atoms with Gasteiger partial charge in [-0.15, -0.1) is 0 Å². The molecule has 1 N–H and O–H groups in total. The van der Waals surface area contributed by atoms with E-state index in [0.717, 1.165) is 32.4 Å². The lowest BCUT2D eigenvalue weighted by molar-refractivity contribution is 0.0750. The number of hydrogen-bond donors (Lipinski definition) is 1. The molecule has 102 valence electrons. The summed E-state index contributed by atoms with van der Waals surface area (Å²) in [5.41, 5.74) is 1.21. The minimum absolute atomic E-state index is 0.108. The fourth-order valence-corrected chi connectivity index (χ4v) is 2.59. The van der Waals surface area contributed by atoms with E-state index in [1.54, 1.807) is 4.90 Å². The molecule has 0 radical (unpaired) electrons. The molecule has 6 nitrogen and oxygen atoms in total. The lowest BCUT2D eigenvalue weighted by Gasteiger charge is -2.24. The average molecular weight is 262 g/mol. The van der Waals surface area contributed by atoms with Gasteiger partial charge < -0.3 is 14.7 Å². The van der Waals surface area contributed by atoms with Gasteiger partial charge in [-0.2, -0.15) is 4.98 Å². The number of carbonyl (C=O) groups is 1. The van der Waals surface area contributed by atoms with Crippen LogP contribution in [0, 0.1) is 0 Å². The largest absolute Gasteiger partial charge is 0.337 e. The second-order valence-corrected chi connectivity index (χ2v) is 5.17. The Morgan fingerprint density at radius 2 is 2.47 bits per heavy atom. The van der Waals surface area contributed by atoms with Gasteiger partial charge in [0.15, 0.2) is 0 Å². The first-order valence-corrected chi connectivity index (χ1v) is 6.76. The molecular formula is C13H18N4O2. The van der Waals surface area contributed by atoms with Crippen molar-refractivity contribution >= 4 is 5.91 Å². The normalized spacial score (nSPS) is 23.5. The van der Waals surface area contributed by atoms with Gasteiger partial charge in [0.2, 0.25) is 5.89 Å². The Bertz CT molecular complexity index is 502. The highest BCUT2D eigenvalue weighted by Crippen LogP contribution is 2.21. The third-order valence-electron chi connectivity index (χ3n) is 3.61. The molecule has 2 aliphatic heterocycles. The van der Waals surface area contributed by atoms with Crippen LogP contribution in [-0.4, -0.2) is 40.6 Å². The van der Waals surface area contributed by atoms with Gasteiger partial charge in [0.05, 0.1) is 6.04 Å². The first-order valence-electron chi connectivity index (χ1n) is 6.76. The van der Waals surface area contributed by atoms with Crippen LogP contribution in [0.25, 0.3) is 0 Å². The number of rotatable bonds is 2. The lowest BCUT2D eigenvalue weighted by atomic mass is 10.1. The Labute approximate surface area is 111 Å². The SMILES string of the molecule is CC1=CCCN(C(=O)c2noc(C3CCCN3)n2)C1. The molecule has 1 amide bonds. The summed E-state index contributed by atoms with van der Waals surface area (Å²) in [5, 5.41) is 7.11. The smallest absolute Gasteiger partial charge is 0.295 e. The van der Waals surface area contributed by atoms with Crippen molar-refractivity contribution in [1.29, 1.82) is 0 Å².